The van der Waals surface area contributed by atoms with Crippen LogP contribution in [0.5, 0.6) is 0 Å². The molecule has 15 heavy (non-hydrogen) atoms. The summed E-state index contributed by atoms with van der Waals surface area (Å²) in [4.78, 5) is 15.4. The van der Waals surface area contributed by atoms with Crippen LogP contribution in [0.4, 0.5) is 4.79 Å². The Morgan fingerprint density at radius 2 is 2.27 bits per heavy atom. The molecule has 1 heterocycles. The Morgan fingerprint density at radius 3 is 2.93 bits per heavy atom. The lowest BCUT2D eigenvalue weighted by Crippen LogP contribution is -2.29. The minimum atomic E-state index is -0.314. The molecule has 1 saturated carbocycles. The average Bonchev–Trinajstić information content (AvgIpc) is 2.74. The van der Waals surface area contributed by atoms with Crippen LogP contribution in [0.25, 0.3) is 0 Å². The zero-order valence-corrected chi connectivity index (χ0v) is 8.93. The summed E-state index contributed by atoms with van der Waals surface area (Å²) in [5.41, 5.74) is 0. The predicted octanol–water partition coefficient (Wildman–Crippen LogP) is 2.45. The highest BCUT2D eigenvalue weighted by molar-refractivity contribution is 5.70. The van der Waals surface area contributed by atoms with E-state index >= 15 is 0 Å². The van der Waals surface area contributed by atoms with Gasteiger partial charge in [-0.2, -0.15) is 0 Å². The van der Waals surface area contributed by atoms with Gasteiger partial charge in [0.25, 0.3) is 0 Å². The van der Waals surface area contributed by atoms with Gasteiger partial charge in [0.05, 0.1) is 0 Å². The van der Waals surface area contributed by atoms with Crippen molar-refractivity contribution in [3.05, 3.63) is 18.7 Å². The van der Waals surface area contributed by atoms with Gasteiger partial charge in [0, 0.05) is 12.4 Å². The molecule has 1 aromatic heterocycles. The summed E-state index contributed by atoms with van der Waals surface area (Å²) in [5.74, 6) is 0.478. The maximum atomic E-state index is 11.6. The van der Waals surface area contributed by atoms with E-state index in [1.807, 2.05) is 0 Å². The Kier molecular flexibility index (Phi) is 3.04. The zero-order chi connectivity index (χ0) is 10.7. The largest absolute Gasteiger partial charge is 0.445 e. The Morgan fingerprint density at radius 1 is 1.47 bits per heavy atom. The molecule has 1 fully saturated rings. The molecule has 1 aromatic rings. The van der Waals surface area contributed by atoms with Crippen LogP contribution >= 0.6 is 0 Å². The molecule has 1 aliphatic rings. The third kappa shape index (κ3) is 2.37. The minimum absolute atomic E-state index is 0.0775. The summed E-state index contributed by atoms with van der Waals surface area (Å²) >= 11 is 0. The highest BCUT2D eigenvalue weighted by Gasteiger charge is 2.25. The van der Waals surface area contributed by atoms with E-state index in [1.54, 1.807) is 12.4 Å². The van der Waals surface area contributed by atoms with Crippen molar-refractivity contribution in [1.29, 1.82) is 0 Å². The van der Waals surface area contributed by atoms with E-state index in [0.717, 1.165) is 19.3 Å². The van der Waals surface area contributed by atoms with E-state index < -0.39 is 0 Å². The smallest absolute Gasteiger partial charge is 0.419 e. The van der Waals surface area contributed by atoms with Crippen LogP contribution in [-0.2, 0) is 4.74 Å². The normalized spacial score (nSPS) is 26.2. The minimum Gasteiger partial charge on any atom is -0.445 e. The summed E-state index contributed by atoms with van der Waals surface area (Å²) in [6.07, 6.45) is 8.97. The van der Waals surface area contributed by atoms with Crippen molar-refractivity contribution in [3.63, 3.8) is 0 Å². The number of aromatic nitrogens is 2. The van der Waals surface area contributed by atoms with Gasteiger partial charge in [-0.05, 0) is 25.2 Å². The molecule has 0 spiro atoms. The summed E-state index contributed by atoms with van der Waals surface area (Å²) in [5, 5.41) is 0. The summed E-state index contributed by atoms with van der Waals surface area (Å²) in [6.45, 7) is 2.14. The van der Waals surface area contributed by atoms with Crippen molar-refractivity contribution >= 4 is 6.09 Å². The quantitative estimate of drug-likeness (QED) is 0.712. The number of imidazole rings is 1. The maximum absolute atomic E-state index is 11.6. The topological polar surface area (TPSA) is 44.1 Å². The molecule has 0 aliphatic heterocycles. The van der Waals surface area contributed by atoms with Crippen LogP contribution in [0.2, 0.25) is 0 Å². The van der Waals surface area contributed by atoms with Crippen LogP contribution < -0.4 is 0 Å². The Balaban J connectivity index is 1.93. The molecule has 0 saturated heterocycles. The molecule has 0 bridgehead atoms. The molecule has 2 atom stereocenters. The first kappa shape index (κ1) is 10.2. The Hall–Kier alpha value is -1.32. The second-order valence-corrected chi connectivity index (χ2v) is 4.15. The molecule has 4 heteroatoms. The molecule has 82 valence electrons. The van der Waals surface area contributed by atoms with E-state index in [2.05, 4.69) is 11.9 Å². The number of carbonyl (C=O) groups is 1. The standard InChI is InChI=1S/C11H16N2O2/c1-9-4-2-3-5-10(9)15-11(14)13-7-6-12-8-13/h6-10H,2-5H2,1H3/t9-,10+/m1/s1. The monoisotopic (exact) mass is 208 g/mol. The maximum Gasteiger partial charge on any atom is 0.419 e. The van der Waals surface area contributed by atoms with E-state index in [0.29, 0.717) is 5.92 Å². The molecule has 0 radical (unpaired) electrons. The highest BCUT2D eigenvalue weighted by atomic mass is 16.6. The van der Waals surface area contributed by atoms with Crippen molar-refractivity contribution < 1.29 is 9.53 Å². The summed E-state index contributed by atoms with van der Waals surface area (Å²) in [6, 6.07) is 0. The molecule has 0 N–H and O–H groups in total. The van der Waals surface area contributed by atoms with Crippen molar-refractivity contribution in [2.45, 2.75) is 38.7 Å². The summed E-state index contributed by atoms with van der Waals surface area (Å²) in [7, 11) is 0. The van der Waals surface area contributed by atoms with Gasteiger partial charge in [0.1, 0.15) is 12.4 Å². The van der Waals surface area contributed by atoms with Crippen LogP contribution in [0.15, 0.2) is 18.7 Å². The molecule has 0 amide bonds. The fourth-order valence-corrected chi connectivity index (χ4v) is 2.01. The van der Waals surface area contributed by atoms with Crippen LogP contribution in [0.1, 0.15) is 32.6 Å². The number of rotatable bonds is 1. The number of nitrogens with zero attached hydrogens (tertiary/aromatic N) is 2. The van der Waals surface area contributed by atoms with Gasteiger partial charge in [-0.1, -0.05) is 13.3 Å². The molecule has 0 unspecified atom stereocenters. The summed E-state index contributed by atoms with van der Waals surface area (Å²) < 4.78 is 6.81. The first-order valence-electron chi connectivity index (χ1n) is 5.46. The first-order chi connectivity index (χ1) is 7.27. The molecule has 1 aliphatic carbocycles. The molecule has 4 nitrogen and oxygen atoms in total. The van der Waals surface area contributed by atoms with Gasteiger partial charge < -0.3 is 4.74 Å². The van der Waals surface area contributed by atoms with Crippen LogP contribution in [0.3, 0.4) is 0 Å². The molecular weight excluding hydrogens is 192 g/mol. The van der Waals surface area contributed by atoms with Crippen molar-refractivity contribution in [2.75, 3.05) is 0 Å². The lowest BCUT2D eigenvalue weighted by molar-refractivity contribution is 0.0443. The fraction of sp³-hybridized carbons (Fsp3) is 0.636. The van der Waals surface area contributed by atoms with E-state index in [4.69, 9.17) is 4.74 Å². The van der Waals surface area contributed by atoms with Gasteiger partial charge in [0.15, 0.2) is 0 Å². The second kappa shape index (κ2) is 4.47. The van der Waals surface area contributed by atoms with Gasteiger partial charge in [-0.3, -0.25) is 0 Å². The van der Waals surface area contributed by atoms with Gasteiger partial charge in [-0.15, -0.1) is 0 Å². The van der Waals surface area contributed by atoms with Crippen LogP contribution in [0, 0.1) is 5.92 Å². The number of carbonyl (C=O) groups excluding carboxylic acids is 1. The number of hydrogen-bond donors (Lipinski definition) is 0. The third-order valence-electron chi connectivity index (χ3n) is 3.00. The predicted molar refractivity (Wildman–Crippen MR) is 55.5 cm³/mol. The Bertz CT molecular complexity index is 321. The third-order valence-corrected chi connectivity index (χ3v) is 3.00. The van der Waals surface area contributed by atoms with E-state index in [9.17, 15) is 4.79 Å². The second-order valence-electron chi connectivity index (χ2n) is 4.15. The van der Waals surface area contributed by atoms with Crippen molar-refractivity contribution in [2.24, 2.45) is 5.92 Å². The average molecular weight is 208 g/mol. The first-order valence-corrected chi connectivity index (χ1v) is 5.46. The SMILES string of the molecule is C[C@@H]1CCCC[C@@H]1OC(=O)n1ccnc1. The Labute approximate surface area is 89.3 Å². The number of ether oxygens (including phenoxy) is 1. The lowest BCUT2D eigenvalue weighted by Gasteiger charge is -2.28. The van der Waals surface area contributed by atoms with Crippen molar-refractivity contribution in [3.8, 4) is 0 Å². The zero-order valence-electron chi connectivity index (χ0n) is 8.93. The molecular formula is C11H16N2O2. The molecule has 0 aromatic carbocycles. The van der Waals surface area contributed by atoms with Gasteiger partial charge >= 0.3 is 6.09 Å². The highest BCUT2D eigenvalue weighted by Crippen LogP contribution is 2.26. The van der Waals surface area contributed by atoms with E-state index in [1.165, 1.54) is 17.3 Å². The fourth-order valence-electron chi connectivity index (χ4n) is 2.01. The molecule has 2 rings (SSSR count). The van der Waals surface area contributed by atoms with Gasteiger partial charge in [-0.25, -0.2) is 14.3 Å². The van der Waals surface area contributed by atoms with Crippen LogP contribution in [-0.4, -0.2) is 21.7 Å². The van der Waals surface area contributed by atoms with Gasteiger partial charge in [0.2, 0.25) is 0 Å². The number of hydrogen-bond acceptors (Lipinski definition) is 3. The van der Waals surface area contributed by atoms with Crippen molar-refractivity contribution in [1.82, 2.24) is 9.55 Å². The van der Waals surface area contributed by atoms with E-state index in [-0.39, 0.29) is 12.2 Å². The lowest BCUT2D eigenvalue weighted by atomic mass is 9.88.